The lowest BCUT2D eigenvalue weighted by molar-refractivity contribution is 0.146. The van der Waals surface area contributed by atoms with Gasteiger partial charge in [-0.1, -0.05) is 19.4 Å². The molecule has 0 amide bonds. The van der Waals surface area contributed by atoms with Crippen LogP contribution in [0.3, 0.4) is 0 Å². The van der Waals surface area contributed by atoms with E-state index in [9.17, 15) is 13.2 Å². The van der Waals surface area contributed by atoms with Gasteiger partial charge >= 0.3 is 0 Å². The van der Waals surface area contributed by atoms with Crippen molar-refractivity contribution in [2.45, 2.75) is 32.2 Å². The highest BCUT2D eigenvalue weighted by atomic mass is 19.3. The van der Waals surface area contributed by atoms with Crippen molar-refractivity contribution in [2.24, 2.45) is 5.73 Å². The maximum Gasteiger partial charge on any atom is 0.266 e. The predicted octanol–water partition coefficient (Wildman–Crippen LogP) is 3.56. The van der Waals surface area contributed by atoms with Crippen molar-refractivity contribution in [1.29, 1.82) is 0 Å². The number of benzene rings is 1. The summed E-state index contributed by atoms with van der Waals surface area (Å²) in [7, 11) is 0. The first-order valence-electron chi connectivity index (χ1n) is 4.89. The minimum Gasteiger partial charge on any atom is -0.324 e. The Bertz CT molecular complexity index is 326. The highest BCUT2D eigenvalue weighted by Gasteiger charge is 2.15. The molecule has 2 N–H and O–H groups in total. The fourth-order valence-electron chi connectivity index (χ4n) is 1.44. The lowest BCUT2D eigenvalue weighted by Crippen LogP contribution is -2.10. The number of hydrogen-bond acceptors (Lipinski definition) is 1. The van der Waals surface area contributed by atoms with Crippen molar-refractivity contribution in [3.63, 3.8) is 0 Å². The largest absolute Gasteiger partial charge is 0.324 e. The molecule has 0 radical (unpaired) electrons. The fourth-order valence-corrected chi connectivity index (χ4v) is 1.44. The topological polar surface area (TPSA) is 26.0 Å². The molecule has 0 aromatic heterocycles. The molecule has 84 valence electrons. The van der Waals surface area contributed by atoms with Crippen LogP contribution >= 0.6 is 0 Å². The van der Waals surface area contributed by atoms with Gasteiger partial charge in [0.1, 0.15) is 5.82 Å². The summed E-state index contributed by atoms with van der Waals surface area (Å²) < 4.78 is 37.7. The van der Waals surface area contributed by atoms with Crippen LogP contribution in [0, 0.1) is 5.82 Å². The molecule has 0 aliphatic heterocycles. The highest BCUT2D eigenvalue weighted by Crippen LogP contribution is 2.26. The standard InChI is InChI=1S/C11H14F3N/c1-2-3-10(15)7-4-5-9(12)8(6-7)11(13)14/h4-6,10-11H,2-3,15H2,1H3. The number of nitrogens with two attached hydrogens (primary N) is 1. The fraction of sp³-hybridized carbons (Fsp3) is 0.455. The average Bonchev–Trinajstić information content (AvgIpc) is 2.18. The van der Waals surface area contributed by atoms with Crippen molar-refractivity contribution >= 4 is 0 Å². The first-order chi connectivity index (χ1) is 7.06. The molecule has 15 heavy (non-hydrogen) atoms. The van der Waals surface area contributed by atoms with Crippen LogP contribution in [0.2, 0.25) is 0 Å². The van der Waals surface area contributed by atoms with Crippen molar-refractivity contribution in [1.82, 2.24) is 0 Å². The van der Waals surface area contributed by atoms with E-state index in [1.807, 2.05) is 6.92 Å². The number of rotatable bonds is 4. The van der Waals surface area contributed by atoms with Gasteiger partial charge in [0, 0.05) is 6.04 Å². The third kappa shape index (κ3) is 2.96. The zero-order chi connectivity index (χ0) is 11.4. The molecule has 4 heteroatoms. The van der Waals surface area contributed by atoms with E-state index in [1.54, 1.807) is 0 Å². The van der Waals surface area contributed by atoms with Crippen molar-refractivity contribution in [3.8, 4) is 0 Å². The van der Waals surface area contributed by atoms with Gasteiger partial charge in [-0.2, -0.15) is 0 Å². The molecular formula is C11H14F3N. The molecule has 1 aromatic carbocycles. The van der Waals surface area contributed by atoms with E-state index in [4.69, 9.17) is 5.73 Å². The first kappa shape index (κ1) is 12.0. The smallest absolute Gasteiger partial charge is 0.266 e. The Morgan fingerprint density at radius 1 is 1.33 bits per heavy atom. The van der Waals surface area contributed by atoms with E-state index in [0.717, 1.165) is 18.6 Å². The van der Waals surface area contributed by atoms with Crippen LogP contribution in [0.25, 0.3) is 0 Å². The van der Waals surface area contributed by atoms with Crippen LogP contribution in [0.5, 0.6) is 0 Å². The van der Waals surface area contributed by atoms with Gasteiger partial charge in [-0.05, 0) is 24.1 Å². The Morgan fingerprint density at radius 2 is 2.00 bits per heavy atom. The minimum absolute atomic E-state index is 0.298. The molecule has 0 fully saturated rings. The van der Waals surface area contributed by atoms with Crippen LogP contribution in [-0.4, -0.2) is 0 Å². The molecule has 0 saturated carbocycles. The molecule has 1 rings (SSSR count). The van der Waals surface area contributed by atoms with E-state index in [-0.39, 0.29) is 6.04 Å². The van der Waals surface area contributed by atoms with Crippen LogP contribution in [-0.2, 0) is 0 Å². The van der Waals surface area contributed by atoms with Gasteiger partial charge in [-0.15, -0.1) is 0 Å². The monoisotopic (exact) mass is 217 g/mol. The third-order valence-electron chi connectivity index (χ3n) is 2.28. The van der Waals surface area contributed by atoms with Gasteiger partial charge < -0.3 is 5.73 Å². The van der Waals surface area contributed by atoms with Crippen molar-refractivity contribution in [3.05, 3.63) is 35.1 Å². The second-order valence-corrected chi connectivity index (χ2v) is 3.48. The minimum atomic E-state index is -2.79. The maximum atomic E-state index is 12.9. The van der Waals surface area contributed by atoms with E-state index in [0.29, 0.717) is 12.0 Å². The average molecular weight is 217 g/mol. The van der Waals surface area contributed by atoms with Gasteiger partial charge in [0.25, 0.3) is 6.43 Å². The number of alkyl halides is 2. The van der Waals surface area contributed by atoms with Crippen molar-refractivity contribution < 1.29 is 13.2 Å². The van der Waals surface area contributed by atoms with Crippen molar-refractivity contribution in [2.75, 3.05) is 0 Å². The summed E-state index contributed by atoms with van der Waals surface area (Å²) in [5, 5.41) is 0. The first-order valence-corrected chi connectivity index (χ1v) is 4.89. The predicted molar refractivity (Wildman–Crippen MR) is 53.2 cm³/mol. The SMILES string of the molecule is CCCC(N)c1ccc(F)c(C(F)F)c1. The molecule has 0 heterocycles. The summed E-state index contributed by atoms with van der Waals surface area (Å²) in [6.07, 6.45) is -1.23. The van der Waals surface area contributed by atoms with Gasteiger partial charge in [-0.25, -0.2) is 13.2 Å². The van der Waals surface area contributed by atoms with Crippen LogP contribution in [0.4, 0.5) is 13.2 Å². The quantitative estimate of drug-likeness (QED) is 0.819. The molecule has 1 unspecified atom stereocenters. The van der Waals surface area contributed by atoms with Crippen LogP contribution in [0.1, 0.15) is 43.4 Å². The summed E-state index contributed by atoms with van der Waals surface area (Å²) in [5.74, 6) is -0.877. The molecule has 0 saturated heterocycles. The summed E-state index contributed by atoms with van der Waals surface area (Å²) in [6.45, 7) is 1.96. The second-order valence-electron chi connectivity index (χ2n) is 3.48. The van der Waals surface area contributed by atoms with Gasteiger partial charge in [0.05, 0.1) is 5.56 Å². The molecule has 0 aliphatic carbocycles. The lowest BCUT2D eigenvalue weighted by Gasteiger charge is -2.12. The third-order valence-corrected chi connectivity index (χ3v) is 2.28. The molecule has 1 atom stereocenters. The highest BCUT2D eigenvalue weighted by molar-refractivity contribution is 5.28. The number of hydrogen-bond donors (Lipinski definition) is 1. The zero-order valence-corrected chi connectivity index (χ0v) is 8.51. The molecule has 0 aliphatic rings. The summed E-state index contributed by atoms with van der Waals surface area (Å²) in [4.78, 5) is 0. The van der Waals surface area contributed by atoms with E-state index >= 15 is 0 Å². The Kier molecular flexibility index (Phi) is 4.15. The van der Waals surface area contributed by atoms with E-state index in [2.05, 4.69) is 0 Å². The van der Waals surface area contributed by atoms with Crippen LogP contribution in [0.15, 0.2) is 18.2 Å². The van der Waals surface area contributed by atoms with Gasteiger partial charge in [-0.3, -0.25) is 0 Å². The second kappa shape index (κ2) is 5.16. The lowest BCUT2D eigenvalue weighted by atomic mass is 10.0. The van der Waals surface area contributed by atoms with E-state index < -0.39 is 17.8 Å². The molecule has 0 bridgehead atoms. The molecule has 1 nitrogen and oxygen atoms in total. The number of halogens is 3. The molecule has 1 aromatic rings. The zero-order valence-electron chi connectivity index (χ0n) is 8.51. The Hall–Kier alpha value is -1.03. The maximum absolute atomic E-state index is 12.9. The van der Waals surface area contributed by atoms with Gasteiger partial charge in [0.2, 0.25) is 0 Å². The Labute approximate surface area is 87.1 Å². The van der Waals surface area contributed by atoms with Gasteiger partial charge in [0.15, 0.2) is 0 Å². The Morgan fingerprint density at radius 3 is 2.53 bits per heavy atom. The summed E-state index contributed by atoms with van der Waals surface area (Å²) in [5.41, 5.74) is 5.75. The Balaban J connectivity index is 2.96. The molecular weight excluding hydrogens is 203 g/mol. The summed E-state index contributed by atoms with van der Waals surface area (Å²) >= 11 is 0. The van der Waals surface area contributed by atoms with Crippen LogP contribution < -0.4 is 5.73 Å². The van der Waals surface area contributed by atoms with E-state index in [1.165, 1.54) is 6.07 Å². The normalized spacial score (nSPS) is 13.2. The molecule has 0 spiro atoms. The summed E-state index contributed by atoms with van der Waals surface area (Å²) in [6, 6.07) is 3.36.